The Hall–Kier alpha value is -3.06. The third-order valence-corrected chi connectivity index (χ3v) is 3.68. The molecule has 0 amide bonds. The summed E-state index contributed by atoms with van der Waals surface area (Å²) >= 11 is 0. The van der Waals surface area contributed by atoms with E-state index in [1.165, 1.54) is 0 Å². The smallest absolute Gasteiger partial charge is 0.152 e. The molecule has 1 heterocycles. The Morgan fingerprint density at radius 1 is 1.23 bits per heavy atom. The maximum absolute atomic E-state index is 11.3. The molecule has 0 aliphatic heterocycles. The second kappa shape index (κ2) is 5.74. The summed E-state index contributed by atoms with van der Waals surface area (Å²) in [4.78, 5) is 11.3. The minimum Gasteiger partial charge on any atom is -0.497 e. The number of fused-ring (bicyclic) bond motifs is 1. The SMILES string of the molecule is COc1ccc(Cn2cc(C=O)c3cc(C#N)ccc32)cc1. The third kappa shape index (κ3) is 2.45. The first-order valence-corrected chi connectivity index (χ1v) is 6.86. The lowest BCUT2D eigenvalue weighted by molar-refractivity contribution is 0.112. The van der Waals surface area contributed by atoms with Crippen LogP contribution in [0.25, 0.3) is 10.9 Å². The van der Waals surface area contributed by atoms with E-state index in [1.54, 1.807) is 19.2 Å². The zero-order chi connectivity index (χ0) is 15.5. The van der Waals surface area contributed by atoms with Crippen LogP contribution < -0.4 is 4.74 Å². The van der Waals surface area contributed by atoms with E-state index < -0.39 is 0 Å². The summed E-state index contributed by atoms with van der Waals surface area (Å²) in [5.41, 5.74) is 3.20. The summed E-state index contributed by atoms with van der Waals surface area (Å²) in [6.07, 6.45) is 2.65. The second-order valence-electron chi connectivity index (χ2n) is 5.02. The van der Waals surface area contributed by atoms with Gasteiger partial charge in [-0.2, -0.15) is 5.26 Å². The van der Waals surface area contributed by atoms with Gasteiger partial charge in [0.1, 0.15) is 5.75 Å². The highest BCUT2D eigenvalue weighted by molar-refractivity contribution is 5.98. The summed E-state index contributed by atoms with van der Waals surface area (Å²) in [6.45, 7) is 0.653. The number of methoxy groups -OCH3 is 1. The molecule has 108 valence electrons. The van der Waals surface area contributed by atoms with Crippen molar-refractivity contribution >= 4 is 17.2 Å². The van der Waals surface area contributed by atoms with Crippen LogP contribution in [-0.2, 0) is 6.54 Å². The number of hydrogen-bond acceptors (Lipinski definition) is 3. The highest BCUT2D eigenvalue weighted by atomic mass is 16.5. The molecule has 4 nitrogen and oxygen atoms in total. The van der Waals surface area contributed by atoms with Crippen molar-refractivity contribution in [2.75, 3.05) is 7.11 Å². The fraction of sp³-hybridized carbons (Fsp3) is 0.111. The van der Waals surface area contributed by atoms with Gasteiger partial charge in [-0.15, -0.1) is 0 Å². The minimum absolute atomic E-state index is 0.554. The average Bonchev–Trinajstić information content (AvgIpc) is 2.92. The molecule has 0 unspecified atom stereocenters. The number of rotatable bonds is 4. The number of nitriles is 1. The van der Waals surface area contributed by atoms with Crippen LogP contribution in [0.5, 0.6) is 5.75 Å². The molecule has 0 spiro atoms. The molecule has 1 aromatic heterocycles. The van der Waals surface area contributed by atoms with E-state index in [0.717, 1.165) is 28.5 Å². The normalized spacial score (nSPS) is 10.4. The van der Waals surface area contributed by atoms with E-state index >= 15 is 0 Å². The Morgan fingerprint density at radius 2 is 2.00 bits per heavy atom. The number of nitrogens with zero attached hydrogens (tertiary/aromatic N) is 2. The summed E-state index contributed by atoms with van der Waals surface area (Å²) in [5, 5.41) is 9.80. The van der Waals surface area contributed by atoms with Crippen LogP contribution in [0.4, 0.5) is 0 Å². The van der Waals surface area contributed by atoms with Gasteiger partial charge in [0.15, 0.2) is 6.29 Å². The Morgan fingerprint density at radius 3 is 2.64 bits per heavy atom. The van der Waals surface area contributed by atoms with E-state index in [9.17, 15) is 4.79 Å². The molecular weight excluding hydrogens is 276 g/mol. The number of aromatic nitrogens is 1. The van der Waals surface area contributed by atoms with Crippen molar-refractivity contribution in [3.8, 4) is 11.8 Å². The van der Waals surface area contributed by atoms with Crippen LogP contribution in [0, 0.1) is 11.3 Å². The number of benzene rings is 2. The molecule has 0 aliphatic carbocycles. The standard InChI is InChI=1S/C18H14N2O2/c1-22-16-5-2-13(3-6-16)10-20-11-15(12-21)17-8-14(9-19)4-7-18(17)20/h2-8,11-12H,10H2,1H3. The molecule has 22 heavy (non-hydrogen) atoms. The maximum atomic E-state index is 11.3. The Kier molecular flexibility index (Phi) is 3.63. The molecule has 0 saturated carbocycles. The van der Waals surface area contributed by atoms with Crippen molar-refractivity contribution < 1.29 is 9.53 Å². The molecule has 0 saturated heterocycles. The molecule has 0 atom stereocenters. The summed E-state index contributed by atoms with van der Waals surface area (Å²) < 4.78 is 7.17. The van der Waals surface area contributed by atoms with Gasteiger partial charge in [0.25, 0.3) is 0 Å². The van der Waals surface area contributed by atoms with Crippen molar-refractivity contribution in [3.05, 3.63) is 65.4 Å². The van der Waals surface area contributed by atoms with Crippen LogP contribution in [0.15, 0.2) is 48.7 Å². The zero-order valence-electron chi connectivity index (χ0n) is 12.1. The van der Waals surface area contributed by atoms with Gasteiger partial charge in [0.2, 0.25) is 0 Å². The first kappa shape index (κ1) is 13.9. The average molecular weight is 290 g/mol. The summed E-state index contributed by atoms with van der Waals surface area (Å²) in [5.74, 6) is 0.813. The van der Waals surface area contributed by atoms with E-state index in [1.807, 2.05) is 41.1 Å². The third-order valence-electron chi connectivity index (χ3n) is 3.68. The van der Waals surface area contributed by atoms with E-state index in [0.29, 0.717) is 17.7 Å². The number of ether oxygens (including phenoxy) is 1. The molecule has 0 fully saturated rings. The lowest BCUT2D eigenvalue weighted by atomic mass is 10.1. The highest BCUT2D eigenvalue weighted by Gasteiger charge is 2.09. The van der Waals surface area contributed by atoms with Gasteiger partial charge in [-0.05, 0) is 35.9 Å². The van der Waals surface area contributed by atoms with Crippen molar-refractivity contribution in [2.24, 2.45) is 0 Å². The van der Waals surface area contributed by atoms with Crippen molar-refractivity contribution in [2.45, 2.75) is 6.54 Å². The lowest BCUT2D eigenvalue weighted by Gasteiger charge is -2.07. The Labute approximate surface area is 128 Å². The molecular formula is C18H14N2O2. The van der Waals surface area contributed by atoms with Crippen molar-refractivity contribution in [1.82, 2.24) is 4.57 Å². The predicted octanol–water partition coefficient (Wildman–Crippen LogP) is 3.38. The fourth-order valence-electron chi connectivity index (χ4n) is 2.55. The molecule has 0 N–H and O–H groups in total. The van der Waals surface area contributed by atoms with E-state index in [-0.39, 0.29) is 0 Å². The van der Waals surface area contributed by atoms with Gasteiger partial charge >= 0.3 is 0 Å². The van der Waals surface area contributed by atoms with Gasteiger partial charge in [0.05, 0.1) is 18.7 Å². The molecule has 0 radical (unpaired) electrons. The van der Waals surface area contributed by atoms with Crippen LogP contribution in [0.1, 0.15) is 21.5 Å². The molecule has 0 bridgehead atoms. The van der Waals surface area contributed by atoms with Crippen LogP contribution in [0.2, 0.25) is 0 Å². The zero-order valence-corrected chi connectivity index (χ0v) is 12.1. The van der Waals surface area contributed by atoms with Gasteiger partial charge in [-0.1, -0.05) is 12.1 Å². The number of carbonyl (C=O) groups is 1. The summed E-state index contributed by atoms with van der Waals surface area (Å²) in [6, 6.07) is 15.3. The maximum Gasteiger partial charge on any atom is 0.152 e. The Bertz CT molecular complexity index is 870. The summed E-state index contributed by atoms with van der Waals surface area (Å²) in [7, 11) is 1.64. The first-order valence-electron chi connectivity index (χ1n) is 6.86. The molecule has 0 aliphatic rings. The lowest BCUT2D eigenvalue weighted by Crippen LogP contribution is -1.98. The Balaban J connectivity index is 2.03. The molecule has 3 aromatic rings. The number of hydrogen-bond donors (Lipinski definition) is 0. The second-order valence-corrected chi connectivity index (χ2v) is 5.02. The van der Waals surface area contributed by atoms with E-state index in [4.69, 9.17) is 10.00 Å². The molecule has 3 rings (SSSR count). The predicted molar refractivity (Wildman–Crippen MR) is 84.1 cm³/mol. The van der Waals surface area contributed by atoms with Gasteiger partial charge in [0, 0.05) is 29.2 Å². The van der Waals surface area contributed by atoms with Crippen LogP contribution in [0.3, 0.4) is 0 Å². The van der Waals surface area contributed by atoms with E-state index in [2.05, 4.69) is 6.07 Å². The van der Waals surface area contributed by atoms with Gasteiger partial charge in [-0.25, -0.2) is 0 Å². The van der Waals surface area contributed by atoms with Crippen molar-refractivity contribution in [1.29, 1.82) is 5.26 Å². The monoisotopic (exact) mass is 290 g/mol. The van der Waals surface area contributed by atoms with Gasteiger partial charge in [-0.3, -0.25) is 4.79 Å². The highest BCUT2D eigenvalue weighted by Crippen LogP contribution is 2.23. The van der Waals surface area contributed by atoms with Crippen molar-refractivity contribution in [3.63, 3.8) is 0 Å². The topological polar surface area (TPSA) is 55.0 Å². The largest absolute Gasteiger partial charge is 0.497 e. The molecule has 4 heteroatoms. The van der Waals surface area contributed by atoms with Crippen LogP contribution in [-0.4, -0.2) is 18.0 Å². The number of carbonyl (C=O) groups excluding carboxylic acids is 1. The number of aldehydes is 1. The van der Waals surface area contributed by atoms with Crippen LogP contribution >= 0.6 is 0 Å². The quantitative estimate of drug-likeness (QED) is 0.692. The first-order chi connectivity index (χ1) is 10.7. The van der Waals surface area contributed by atoms with Gasteiger partial charge < -0.3 is 9.30 Å². The minimum atomic E-state index is 0.554. The fourth-order valence-corrected chi connectivity index (χ4v) is 2.55. The molecule has 2 aromatic carbocycles.